The third kappa shape index (κ3) is 2.64. The quantitative estimate of drug-likeness (QED) is 0.376. The monoisotopic (exact) mass is 313 g/mol. The standard InChI is InChI=1S/C12H3F4N3O3/c13-5-3-6(14)11(16)12(10(5)15)22-9-2-1-8(19(20)21)7(4-17)18-9/h1-3H. The van der Waals surface area contributed by atoms with Crippen molar-refractivity contribution < 1.29 is 27.2 Å². The second-order valence-corrected chi connectivity index (χ2v) is 3.79. The SMILES string of the molecule is N#Cc1nc(Oc2c(F)c(F)cc(F)c2F)ccc1[N+](=O)[O-]. The van der Waals surface area contributed by atoms with Gasteiger partial charge in [-0.3, -0.25) is 10.1 Å². The Morgan fingerprint density at radius 3 is 2.27 bits per heavy atom. The van der Waals surface area contributed by atoms with Crippen LogP contribution < -0.4 is 4.74 Å². The lowest BCUT2D eigenvalue weighted by Gasteiger charge is -2.08. The molecule has 0 aliphatic heterocycles. The van der Waals surface area contributed by atoms with Crippen molar-refractivity contribution in [3.8, 4) is 17.7 Å². The molecular weight excluding hydrogens is 310 g/mol. The Morgan fingerprint density at radius 2 is 1.77 bits per heavy atom. The molecule has 22 heavy (non-hydrogen) atoms. The Labute approximate surface area is 119 Å². The summed E-state index contributed by atoms with van der Waals surface area (Å²) >= 11 is 0. The summed E-state index contributed by atoms with van der Waals surface area (Å²) in [6.07, 6.45) is 0. The summed E-state index contributed by atoms with van der Waals surface area (Å²) in [5.41, 5.74) is -1.36. The van der Waals surface area contributed by atoms with Gasteiger partial charge in [0.25, 0.3) is 0 Å². The fourth-order valence-corrected chi connectivity index (χ4v) is 1.47. The lowest BCUT2D eigenvalue weighted by Crippen LogP contribution is -2.02. The van der Waals surface area contributed by atoms with Crippen molar-refractivity contribution in [2.24, 2.45) is 0 Å². The maximum Gasteiger partial charge on any atom is 0.305 e. The Bertz CT molecular complexity index is 794. The number of nitriles is 1. The first-order chi connectivity index (χ1) is 10.3. The van der Waals surface area contributed by atoms with E-state index in [0.29, 0.717) is 0 Å². The van der Waals surface area contributed by atoms with Crippen molar-refractivity contribution >= 4 is 5.69 Å². The normalized spacial score (nSPS) is 10.1. The van der Waals surface area contributed by atoms with Crippen LogP contribution in [0, 0.1) is 44.7 Å². The van der Waals surface area contributed by atoms with E-state index in [1.54, 1.807) is 0 Å². The van der Waals surface area contributed by atoms with E-state index in [-0.39, 0.29) is 6.07 Å². The van der Waals surface area contributed by atoms with Crippen LogP contribution in [0.15, 0.2) is 18.2 Å². The highest BCUT2D eigenvalue weighted by Gasteiger charge is 2.23. The number of hydrogen-bond donors (Lipinski definition) is 0. The predicted molar refractivity (Wildman–Crippen MR) is 62.0 cm³/mol. The molecule has 0 spiro atoms. The van der Waals surface area contributed by atoms with Crippen molar-refractivity contribution in [3.05, 3.63) is 57.3 Å². The number of rotatable bonds is 3. The van der Waals surface area contributed by atoms with Crippen LogP contribution in [0.5, 0.6) is 11.6 Å². The zero-order valence-electron chi connectivity index (χ0n) is 10.3. The molecule has 2 aromatic rings. The van der Waals surface area contributed by atoms with E-state index in [1.165, 1.54) is 6.07 Å². The first kappa shape index (κ1) is 15.2. The summed E-state index contributed by atoms with van der Waals surface area (Å²) in [4.78, 5) is 13.0. The molecule has 10 heteroatoms. The number of benzene rings is 1. The Balaban J connectivity index is 2.49. The molecule has 0 fully saturated rings. The van der Waals surface area contributed by atoms with Gasteiger partial charge < -0.3 is 4.74 Å². The second-order valence-electron chi connectivity index (χ2n) is 3.79. The van der Waals surface area contributed by atoms with Crippen molar-refractivity contribution in [1.82, 2.24) is 4.98 Å². The third-order valence-electron chi connectivity index (χ3n) is 2.43. The highest BCUT2D eigenvalue weighted by Crippen LogP contribution is 2.31. The van der Waals surface area contributed by atoms with Crippen LogP contribution in [0.3, 0.4) is 0 Å². The van der Waals surface area contributed by atoms with Gasteiger partial charge in [0, 0.05) is 18.2 Å². The molecular formula is C12H3F4N3O3. The molecule has 2 rings (SSSR count). The maximum atomic E-state index is 13.4. The summed E-state index contributed by atoms with van der Waals surface area (Å²) in [6, 6.07) is 2.99. The number of pyridine rings is 1. The minimum atomic E-state index is -1.81. The minimum Gasteiger partial charge on any atom is -0.433 e. The molecule has 0 aliphatic carbocycles. The highest BCUT2D eigenvalue weighted by molar-refractivity contribution is 5.46. The van der Waals surface area contributed by atoms with E-state index in [0.717, 1.165) is 12.1 Å². The molecule has 0 N–H and O–H groups in total. The van der Waals surface area contributed by atoms with E-state index in [2.05, 4.69) is 9.72 Å². The van der Waals surface area contributed by atoms with Gasteiger partial charge in [-0.2, -0.15) is 19.0 Å². The van der Waals surface area contributed by atoms with E-state index < -0.39 is 51.2 Å². The lowest BCUT2D eigenvalue weighted by molar-refractivity contribution is -0.385. The van der Waals surface area contributed by atoms with E-state index in [4.69, 9.17) is 5.26 Å². The number of hydrogen-bond acceptors (Lipinski definition) is 5. The summed E-state index contributed by atoms with van der Waals surface area (Å²) in [7, 11) is 0. The molecule has 1 aromatic heterocycles. The van der Waals surface area contributed by atoms with Gasteiger partial charge in [0.2, 0.25) is 29.0 Å². The molecule has 112 valence electrons. The summed E-state index contributed by atoms with van der Waals surface area (Å²) in [6.45, 7) is 0. The van der Waals surface area contributed by atoms with Crippen LogP contribution >= 0.6 is 0 Å². The number of nitrogens with zero attached hydrogens (tertiary/aromatic N) is 3. The number of halogens is 4. The minimum absolute atomic E-state index is 0.0124. The molecule has 1 aromatic carbocycles. The van der Waals surface area contributed by atoms with Gasteiger partial charge in [-0.1, -0.05) is 0 Å². The Kier molecular flexibility index (Phi) is 3.89. The highest BCUT2D eigenvalue weighted by atomic mass is 19.2. The van der Waals surface area contributed by atoms with Crippen LogP contribution in [0.2, 0.25) is 0 Å². The molecule has 0 radical (unpaired) electrons. The molecule has 1 heterocycles. The van der Waals surface area contributed by atoms with E-state index in [1.807, 2.05) is 0 Å². The zero-order chi connectivity index (χ0) is 16.4. The first-order valence-corrected chi connectivity index (χ1v) is 5.41. The van der Waals surface area contributed by atoms with E-state index in [9.17, 15) is 27.7 Å². The average Bonchev–Trinajstić information content (AvgIpc) is 2.49. The topological polar surface area (TPSA) is 89.0 Å². The van der Waals surface area contributed by atoms with Crippen LogP contribution in [0.1, 0.15) is 5.69 Å². The number of ether oxygens (including phenoxy) is 1. The van der Waals surface area contributed by atoms with Crippen molar-refractivity contribution in [1.29, 1.82) is 5.26 Å². The number of nitro groups is 1. The van der Waals surface area contributed by atoms with Gasteiger partial charge in [0.15, 0.2) is 11.6 Å². The van der Waals surface area contributed by atoms with E-state index >= 15 is 0 Å². The predicted octanol–water partition coefficient (Wildman–Crippen LogP) is 3.21. The summed E-state index contributed by atoms with van der Waals surface area (Å²) in [5, 5.41) is 19.3. The second kappa shape index (κ2) is 5.65. The smallest absolute Gasteiger partial charge is 0.305 e. The first-order valence-electron chi connectivity index (χ1n) is 5.41. The van der Waals surface area contributed by atoms with Gasteiger partial charge >= 0.3 is 5.69 Å². The van der Waals surface area contributed by atoms with Gasteiger partial charge in [0.1, 0.15) is 6.07 Å². The molecule has 0 saturated heterocycles. The van der Waals surface area contributed by atoms with Crippen LogP contribution in [0.25, 0.3) is 0 Å². The Hall–Kier alpha value is -3.22. The Morgan fingerprint density at radius 1 is 1.18 bits per heavy atom. The fraction of sp³-hybridized carbons (Fsp3) is 0. The lowest BCUT2D eigenvalue weighted by atomic mass is 10.3. The van der Waals surface area contributed by atoms with Crippen LogP contribution in [-0.2, 0) is 0 Å². The molecule has 0 bridgehead atoms. The van der Waals surface area contributed by atoms with Gasteiger partial charge in [-0.25, -0.2) is 8.78 Å². The van der Waals surface area contributed by atoms with Gasteiger partial charge in [0.05, 0.1) is 4.92 Å². The van der Waals surface area contributed by atoms with Crippen LogP contribution in [0.4, 0.5) is 23.2 Å². The largest absolute Gasteiger partial charge is 0.433 e. The molecule has 6 nitrogen and oxygen atoms in total. The molecule has 0 aliphatic rings. The zero-order valence-corrected chi connectivity index (χ0v) is 10.3. The van der Waals surface area contributed by atoms with Gasteiger partial charge in [-0.05, 0) is 0 Å². The molecule has 0 unspecified atom stereocenters. The van der Waals surface area contributed by atoms with Crippen molar-refractivity contribution in [2.45, 2.75) is 0 Å². The fourth-order valence-electron chi connectivity index (χ4n) is 1.47. The summed E-state index contributed by atoms with van der Waals surface area (Å²) in [5.74, 6) is -9.07. The molecule has 0 saturated carbocycles. The maximum absolute atomic E-state index is 13.4. The van der Waals surface area contributed by atoms with Gasteiger partial charge in [-0.15, -0.1) is 0 Å². The molecule has 0 amide bonds. The molecule has 0 atom stereocenters. The third-order valence-corrected chi connectivity index (χ3v) is 2.43. The van der Waals surface area contributed by atoms with Crippen molar-refractivity contribution in [3.63, 3.8) is 0 Å². The van der Waals surface area contributed by atoms with Crippen LogP contribution in [-0.4, -0.2) is 9.91 Å². The number of aromatic nitrogens is 1. The summed E-state index contributed by atoms with van der Waals surface area (Å²) < 4.78 is 57.4. The van der Waals surface area contributed by atoms with Crippen molar-refractivity contribution in [2.75, 3.05) is 0 Å². The average molecular weight is 313 g/mol.